The van der Waals surface area contributed by atoms with Gasteiger partial charge in [0.25, 0.3) is 0 Å². The molecule has 1 heterocycles. The van der Waals surface area contributed by atoms with E-state index in [-0.39, 0.29) is 0 Å². The predicted octanol–water partition coefficient (Wildman–Crippen LogP) is 2.43. The van der Waals surface area contributed by atoms with E-state index < -0.39 is 0 Å². The van der Waals surface area contributed by atoms with Gasteiger partial charge in [-0.2, -0.15) is 0 Å². The molecule has 0 bridgehead atoms. The Kier molecular flexibility index (Phi) is 2.43. The van der Waals surface area contributed by atoms with Crippen molar-refractivity contribution < 1.29 is 0 Å². The summed E-state index contributed by atoms with van der Waals surface area (Å²) < 4.78 is 2.00. The molecule has 0 radical (unpaired) electrons. The van der Waals surface area contributed by atoms with Crippen LogP contribution < -0.4 is 0 Å². The Labute approximate surface area is 78.5 Å². The molecule has 1 aromatic heterocycles. The first-order valence-corrected chi connectivity index (χ1v) is 4.94. The molecule has 0 aliphatic heterocycles. The van der Waals surface area contributed by atoms with Crippen molar-refractivity contribution in [3.05, 3.63) is 18.5 Å². The number of hydrogen-bond acceptors (Lipinski definition) is 2. The van der Waals surface area contributed by atoms with Gasteiger partial charge >= 0.3 is 0 Å². The zero-order chi connectivity index (χ0) is 9.10. The maximum atomic E-state index is 4.11. The SMILES string of the molecule is C=Cc1cn(C2CCCCC2)nn1. The Morgan fingerprint density at radius 3 is 2.77 bits per heavy atom. The summed E-state index contributed by atoms with van der Waals surface area (Å²) in [5.74, 6) is 0. The van der Waals surface area contributed by atoms with Crippen LogP contribution in [-0.2, 0) is 0 Å². The van der Waals surface area contributed by atoms with Gasteiger partial charge in [0.15, 0.2) is 0 Å². The summed E-state index contributed by atoms with van der Waals surface area (Å²) >= 11 is 0. The van der Waals surface area contributed by atoms with Crippen molar-refractivity contribution in [1.82, 2.24) is 15.0 Å². The topological polar surface area (TPSA) is 30.7 Å². The van der Waals surface area contributed by atoms with Crippen LogP contribution in [0, 0.1) is 0 Å². The van der Waals surface area contributed by atoms with Crippen LogP contribution in [0.25, 0.3) is 6.08 Å². The highest BCUT2D eigenvalue weighted by molar-refractivity contribution is 5.38. The van der Waals surface area contributed by atoms with E-state index in [9.17, 15) is 0 Å². The summed E-state index contributed by atoms with van der Waals surface area (Å²) in [4.78, 5) is 0. The van der Waals surface area contributed by atoms with E-state index in [4.69, 9.17) is 0 Å². The third-order valence-corrected chi connectivity index (χ3v) is 2.69. The van der Waals surface area contributed by atoms with E-state index in [1.807, 2.05) is 10.9 Å². The average molecular weight is 177 g/mol. The first-order valence-electron chi connectivity index (χ1n) is 4.94. The molecule has 0 unspecified atom stereocenters. The van der Waals surface area contributed by atoms with Crippen LogP contribution in [0.1, 0.15) is 43.8 Å². The van der Waals surface area contributed by atoms with Gasteiger partial charge in [-0.1, -0.05) is 31.1 Å². The van der Waals surface area contributed by atoms with Gasteiger partial charge in [0.2, 0.25) is 0 Å². The predicted molar refractivity (Wildman–Crippen MR) is 52.2 cm³/mol. The number of aromatic nitrogens is 3. The van der Waals surface area contributed by atoms with Gasteiger partial charge in [0, 0.05) is 0 Å². The van der Waals surface area contributed by atoms with Crippen molar-refractivity contribution in [3.8, 4) is 0 Å². The molecule has 1 saturated carbocycles. The fourth-order valence-electron chi connectivity index (χ4n) is 1.91. The van der Waals surface area contributed by atoms with E-state index in [0.29, 0.717) is 6.04 Å². The quantitative estimate of drug-likeness (QED) is 0.694. The largest absolute Gasteiger partial charge is 0.249 e. The average Bonchev–Trinajstić information content (AvgIpc) is 2.67. The molecule has 1 aliphatic rings. The van der Waals surface area contributed by atoms with Crippen LogP contribution in [0.3, 0.4) is 0 Å². The highest BCUT2D eigenvalue weighted by Crippen LogP contribution is 2.27. The maximum absolute atomic E-state index is 4.11. The Bertz CT molecular complexity index is 284. The van der Waals surface area contributed by atoms with Crippen molar-refractivity contribution in [2.45, 2.75) is 38.1 Å². The molecule has 13 heavy (non-hydrogen) atoms. The second-order valence-electron chi connectivity index (χ2n) is 3.62. The lowest BCUT2D eigenvalue weighted by molar-refractivity contribution is 0.324. The monoisotopic (exact) mass is 177 g/mol. The maximum Gasteiger partial charge on any atom is 0.105 e. The van der Waals surface area contributed by atoms with Crippen LogP contribution >= 0.6 is 0 Å². The highest BCUT2D eigenvalue weighted by atomic mass is 15.4. The molecule has 0 saturated heterocycles. The highest BCUT2D eigenvalue weighted by Gasteiger charge is 2.15. The smallest absolute Gasteiger partial charge is 0.105 e. The fourth-order valence-corrected chi connectivity index (χ4v) is 1.91. The minimum atomic E-state index is 0.579. The van der Waals surface area contributed by atoms with Gasteiger partial charge < -0.3 is 0 Å². The van der Waals surface area contributed by atoms with Crippen LogP contribution in [0.15, 0.2) is 12.8 Å². The second-order valence-corrected chi connectivity index (χ2v) is 3.62. The summed E-state index contributed by atoms with van der Waals surface area (Å²) in [6.45, 7) is 3.67. The summed E-state index contributed by atoms with van der Waals surface area (Å²) in [6.07, 6.45) is 10.3. The van der Waals surface area contributed by atoms with Crippen LogP contribution in [0.5, 0.6) is 0 Å². The summed E-state index contributed by atoms with van der Waals surface area (Å²) in [6, 6.07) is 0.579. The zero-order valence-electron chi connectivity index (χ0n) is 7.82. The molecule has 3 heteroatoms. The molecule has 0 N–H and O–H groups in total. The molecule has 0 spiro atoms. The standard InChI is InChI=1S/C10H15N3/c1-2-9-8-13(12-11-9)10-6-4-3-5-7-10/h2,8,10H,1,3-7H2. The zero-order valence-corrected chi connectivity index (χ0v) is 7.82. The van der Waals surface area contributed by atoms with E-state index in [0.717, 1.165) is 5.69 Å². The number of nitrogens with zero attached hydrogens (tertiary/aromatic N) is 3. The fraction of sp³-hybridized carbons (Fsp3) is 0.600. The van der Waals surface area contributed by atoms with Gasteiger partial charge in [0.05, 0.1) is 12.2 Å². The van der Waals surface area contributed by atoms with E-state index in [2.05, 4.69) is 16.9 Å². The lowest BCUT2D eigenvalue weighted by Crippen LogP contribution is -2.13. The van der Waals surface area contributed by atoms with Crippen LogP contribution in [0.4, 0.5) is 0 Å². The van der Waals surface area contributed by atoms with Crippen molar-refractivity contribution in [1.29, 1.82) is 0 Å². The normalized spacial score (nSPS) is 18.8. The minimum absolute atomic E-state index is 0.579. The summed E-state index contributed by atoms with van der Waals surface area (Å²) in [5.41, 5.74) is 0.880. The molecule has 0 aromatic carbocycles. The molecular weight excluding hydrogens is 162 g/mol. The molecule has 1 fully saturated rings. The van der Waals surface area contributed by atoms with Crippen molar-refractivity contribution in [2.75, 3.05) is 0 Å². The molecule has 1 aliphatic carbocycles. The van der Waals surface area contributed by atoms with Crippen molar-refractivity contribution in [2.24, 2.45) is 0 Å². The minimum Gasteiger partial charge on any atom is -0.249 e. The van der Waals surface area contributed by atoms with Gasteiger partial charge in [-0.25, -0.2) is 4.68 Å². The Morgan fingerprint density at radius 2 is 2.15 bits per heavy atom. The first-order chi connectivity index (χ1) is 6.40. The van der Waals surface area contributed by atoms with Crippen LogP contribution in [0.2, 0.25) is 0 Å². The third kappa shape index (κ3) is 1.79. The lowest BCUT2D eigenvalue weighted by atomic mass is 9.96. The lowest BCUT2D eigenvalue weighted by Gasteiger charge is -2.20. The van der Waals surface area contributed by atoms with Crippen molar-refractivity contribution in [3.63, 3.8) is 0 Å². The van der Waals surface area contributed by atoms with Gasteiger partial charge in [-0.15, -0.1) is 5.10 Å². The van der Waals surface area contributed by atoms with E-state index in [1.54, 1.807) is 6.08 Å². The Balaban J connectivity index is 2.09. The molecule has 0 amide bonds. The molecule has 70 valence electrons. The molecular formula is C10H15N3. The van der Waals surface area contributed by atoms with Gasteiger partial charge in [-0.05, 0) is 18.9 Å². The Morgan fingerprint density at radius 1 is 1.38 bits per heavy atom. The van der Waals surface area contributed by atoms with E-state index in [1.165, 1.54) is 32.1 Å². The summed E-state index contributed by atoms with van der Waals surface area (Å²) in [7, 11) is 0. The van der Waals surface area contributed by atoms with Crippen LogP contribution in [-0.4, -0.2) is 15.0 Å². The number of hydrogen-bond donors (Lipinski definition) is 0. The summed E-state index contributed by atoms with van der Waals surface area (Å²) in [5, 5.41) is 8.11. The third-order valence-electron chi connectivity index (χ3n) is 2.69. The molecule has 3 nitrogen and oxygen atoms in total. The second kappa shape index (κ2) is 3.73. The van der Waals surface area contributed by atoms with Crippen molar-refractivity contribution >= 4 is 6.08 Å². The number of rotatable bonds is 2. The van der Waals surface area contributed by atoms with E-state index >= 15 is 0 Å². The van der Waals surface area contributed by atoms with Gasteiger partial charge in [-0.3, -0.25) is 0 Å². The molecule has 2 rings (SSSR count). The first kappa shape index (κ1) is 8.48. The molecule has 0 atom stereocenters. The Hall–Kier alpha value is -1.12. The van der Waals surface area contributed by atoms with Gasteiger partial charge in [0.1, 0.15) is 5.69 Å². The molecule has 1 aromatic rings.